The first-order chi connectivity index (χ1) is 9.02. The molecule has 1 heterocycles. The molecule has 1 amide bonds. The van der Waals surface area contributed by atoms with Crippen molar-refractivity contribution in [2.75, 3.05) is 20.2 Å². The summed E-state index contributed by atoms with van der Waals surface area (Å²) in [5.74, 6) is -0.504. The van der Waals surface area contributed by atoms with Crippen molar-refractivity contribution in [3.05, 3.63) is 29.8 Å². The Hall–Kier alpha value is -2.04. The smallest absolute Gasteiger partial charge is 0.306 e. The van der Waals surface area contributed by atoms with Crippen LogP contribution in [0.4, 0.5) is 0 Å². The number of carboxylic acids is 1. The predicted octanol–water partition coefficient (Wildman–Crippen LogP) is 1.49. The molecule has 0 aromatic heterocycles. The molecule has 1 aliphatic heterocycles. The van der Waals surface area contributed by atoms with Gasteiger partial charge in [-0.15, -0.1) is 0 Å². The number of likely N-dealkylation sites (tertiary alicyclic amines) is 1. The molecule has 0 bridgehead atoms. The van der Waals surface area contributed by atoms with E-state index in [1.807, 2.05) is 0 Å². The average Bonchev–Trinajstić information content (AvgIpc) is 2.36. The van der Waals surface area contributed by atoms with E-state index in [2.05, 4.69) is 0 Å². The van der Waals surface area contributed by atoms with Crippen LogP contribution < -0.4 is 4.74 Å². The fraction of sp³-hybridized carbons (Fsp3) is 0.429. The van der Waals surface area contributed by atoms with Crippen molar-refractivity contribution in [2.45, 2.75) is 6.92 Å². The standard InChI is InChI=1S/C14H17NO4/c1-9(14(17)18)11-7-15(8-11)13(16)10-3-5-12(19-2)6-4-10/h3-6,9,11H,7-8H2,1-2H3,(H,17,18). The van der Waals surface area contributed by atoms with Crippen molar-refractivity contribution >= 4 is 11.9 Å². The molecule has 1 aromatic carbocycles. The summed E-state index contributed by atoms with van der Waals surface area (Å²) < 4.78 is 5.03. The van der Waals surface area contributed by atoms with Crippen LogP contribution in [0.5, 0.6) is 5.75 Å². The Balaban J connectivity index is 1.94. The van der Waals surface area contributed by atoms with Crippen molar-refractivity contribution in [2.24, 2.45) is 11.8 Å². The lowest BCUT2D eigenvalue weighted by Gasteiger charge is -2.41. The van der Waals surface area contributed by atoms with Gasteiger partial charge in [0.2, 0.25) is 0 Å². The maximum atomic E-state index is 12.1. The monoisotopic (exact) mass is 263 g/mol. The Bertz CT molecular complexity index is 477. The minimum absolute atomic E-state index is 0.0553. The summed E-state index contributed by atoms with van der Waals surface area (Å²) in [6.07, 6.45) is 0. The largest absolute Gasteiger partial charge is 0.497 e. The molecule has 0 saturated carbocycles. The molecule has 5 heteroatoms. The number of carbonyl (C=O) groups is 2. The Morgan fingerprint density at radius 3 is 2.37 bits per heavy atom. The summed E-state index contributed by atoms with van der Waals surface area (Å²) in [7, 11) is 1.57. The molecule has 19 heavy (non-hydrogen) atoms. The van der Waals surface area contributed by atoms with Crippen LogP contribution in [0.15, 0.2) is 24.3 Å². The molecule has 1 atom stereocenters. The van der Waals surface area contributed by atoms with Gasteiger partial charge >= 0.3 is 5.97 Å². The van der Waals surface area contributed by atoms with E-state index in [1.54, 1.807) is 43.2 Å². The predicted molar refractivity (Wildman–Crippen MR) is 69.2 cm³/mol. The number of amides is 1. The molecule has 5 nitrogen and oxygen atoms in total. The number of nitrogens with zero attached hydrogens (tertiary/aromatic N) is 1. The number of aliphatic carboxylic acids is 1. The lowest BCUT2D eigenvalue weighted by molar-refractivity contribution is -0.144. The first-order valence-corrected chi connectivity index (χ1v) is 6.19. The quantitative estimate of drug-likeness (QED) is 0.893. The van der Waals surface area contributed by atoms with E-state index in [1.165, 1.54) is 0 Å². The van der Waals surface area contributed by atoms with Crippen LogP contribution >= 0.6 is 0 Å². The third kappa shape index (κ3) is 2.70. The molecule has 2 rings (SSSR count). The molecule has 0 aliphatic carbocycles. The van der Waals surface area contributed by atoms with Gasteiger partial charge in [-0.1, -0.05) is 6.92 Å². The van der Waals surface area contributed by atoms with Crippen LogP contribution in [0, 0.1) is 11.8 Å². The number of benzene rings is 1. The highest BCUT2D eigenvalue weighted by Crippen LogP contribution is 2.26. The maximum Gasteiger partial charge on any atom is 0.306 e. The lowest BCUT2D eigenvalue weighted by atomic mass is 9.86. The van der Waals surface area contributed by atoms with Crippen LogP contribution in [0.25, 0.3) is 0 Å². The van der Waals surface area contributed by atoms with Gasteiger partial charge in [0.05, 0.1) is 13.0 Å². The van der Waals surface area contributed by atoms with E-state index >= 15 is 0 Å². The molecule has 1 aliphatic rings. The van der Waals surface area contributed by atoms with Gasteiger partial charge < -0.3 is 14.7 Å². The molecular weight excluding hydrogens is 246 g/mol. The normalized spacial score (nSPS) is 16.6. The number of hydrogen-bond donors (Lipinski definition) is 1. The number of carbonyl (C=O) groups excluding carboxylic acids is 1. The Kier molecular flexibility index (Phi) is 3.74. The number of ether oxygens (including phenoxy) is 1. The molecule has 1 fully saturated rings. The minimum atomic E-state index is -0.804. The second kappa shape index (κ2) is 5.30. The van der Waals surface area contributed by atoms with Crippen LogP contribution in [-0.4, -0.2) is 42.1 Å². The molecular formula is C14H17NO4. The molecule has 1 aromatic rings. The van der Waals surface area contributed by atoms with Crippen molar-refractivity contribution in [1.82, 2.24) is 4.90 Å². The summed E-state index contributed by atoms with van der Waals surface area (Å²) >= 11 is 0. The highest BCUT2D eigenvalue weighted by Gasteiger charge is 2.37. The number of methoxy groups -OCH3 is 1. The lowest BCUT2D eigenvalue weighted by Crippen LogP contribution is -2.53. The van der Waals surface area contributed by atoms with E-state index in [-0.39, 0.29) is 11.8 Å². The summed E-state index contributed by atoms with van der Waals surface area (Å²) in [6.45, 7) is 2.71. The van der Waals surface area contributed by atoms with Crippen LogP contribution in [0.3, 0.4) is 0 Å². The van der Waals surface area contributed by atoms with Crippen molar-refractivity contribution < 1.29 is 19.4 Å². The van der Waals surface area contributed by atoms with Gasteiger partial charge in [-0.05, 0) is 24.3 Å². The summed E-state index contributed by atoms with van der Waals surface area (Å²) in [5, 5.41) is 8.90. The Morgan fingerprint density at radius 1 is 1.32 bits per heavy atom. The van der Waals surface area contributed by atoms with E-state index in [9.17, 15) is 9.59 Å². The van der Waals surface area contributed by atoms with Gasteiger partial charge in [-0.25, -0.2) is 0 Å². The third-order valence-electron chi connectivity index (χ3n) is 3.63. The molecule has 1 N–H and O–H groups in total. The molecule has 0 radical (unpaired) electrons. The van der Waals surface area contributed by atoms with E-state index in [4.69, 9.17) is 9.84 Å². The first kappa shape index (κ1) is 13.4. The van der Waals surface area contributed by atoms with Crippen molar-refractivity contribution in [3.8, 4) is 5.75 Å². The third-order valence-corrected chi connectivity index (χ3v) is 3.63. The Morgan fingerprint density at radius 2 is 1.89 bits per heavy atom. The minimum Gasteiger partial charge on any atom is -0.497 e. The topological polar surface area (TPSA) is 66.8 Å². The van der Waals surface area contributed by atoms with E-state index < -0.39 is 11.9 Å². The van der Waals surface area contributed by atoms with Gasteiger partial charge in [0.1, 0.15) is 5.75 Å². The summed E-state index contributed by atoms with van der Waals surface area (Å²) in [4.78, 5) is 24.6. The Labute approximate surface area is 111 Å². The van der Waals surface area contributed by atoms with E-state index in [0.717, 1.165) is 0 Å². The summed E-state index contributed by atoms with van der Waals surface area (Å²) in [6, 6.07) is 6.92. The number of rotatable bonds is 4. The average molecular weight is 263 g/mol. The van der Waals surface area contributed by atoms with Gasteiger partial charge in [0, 0.05) is 24.6 Å². The van der Waals surface area contributed by atoms with Gasteiger partial charge in [0.15, 0.2) is 0 Å². The zero-order valence-corrected chi connectivity index (χ0v) is 11.0. The van der Waals surface area contributed by atoms with Crippen LogP contribution in [-0.2, 0) is 4.79 Å². The number of carboxylic acid groups (broad SMARTS) is 1. The molecule has 1 unspecified atom stereocenters. The number of hydrogen-bond acceptors (Lipinski definition) is 3. The zero-order chi connectivity index (χ0) is 14.0. The second-order valence-electron chi connectivity index (χ2n) is 4.83. The molecule has 0 spiro atoms. The van der Waals surface area contributed by atoms with Crippen LogP contribution in [0.1, 0.15) is 17.3 Å². The second-order valence-corrected chi connectivity index (χ2v) is 4.83. The molecule has 1 saturated heterocycles. The zero-order valence-electron chi connectivity index (χ0n) is 11.0. The van der Waals surface area contributed by atoms with Crippen molar-refractivity contribution in [3.63, 3.8) is 0 Å². The SMILES string of the molecule is COc1ccc(C(=O)N2CC(C(C)C(=O)O)C2)cc1. The van der Waals surface area contributed by atoms with Gasteiger partial charge in [-0.3, -0.25) is 9.59 Å². The molecule has 102 valence electrons. The van der Waals surface area contributed by atoms with Crippen molar-refractivity contribution in [1.29, 1.82) is 0 Å². The summed E-state index contributed by atoms with van der Waals surface area (Å²) in [5.41, 5.74) is 0.599. The van der Waals surface area contributed by atoms with Gasteiger partial charge in [-0.2, -0.15) is 0 Å². The van der Waals surface area contributed by atoms with Gasteiger partial charge in [0.25, 0.3) is 5.91 Å². The fourth-order valence-electron chi connectivity index (χ4n) is 2.11. The maximum absolute atomic E-state index is 12.1. The first-order valence-electron chi connectivity index (χ1n) is 6.19. The van der Waals surface area contributed by atoms with Crippen LogP contribution in [0.2, 0.25) is 0 Å². The highest BCUT2D eigenvalue weighted by atomic mass is 16.5. The fourth-order valence-corrected chi connectivity index (χ4v) is 2.11. The van der Waals surface area contributed by atoms with E-state index in [0.29, 0.717) is 24.4 Å². The highest BCUT2D eigenvalue weighted by molar-refractivity contribution is 5.95.